The predicted molar refractivity (Wildman–Crippen MR) is 157 cm³/mol. The van der Waals surface area contributed by atoms with Gasteiger partial charge in [-0.3, -0.25) is 0 Å². The van der Waals surface area contributed by atoms with Gasteiger partial charge in [-0.2, -0.15) is 0 Å². The van der Waals surface area contributed by atoms with Crippen molar-refractivity contribution in [1.82, 2.24) is 4.90 Å². The Bertz CT molecular complexity index is 1510. The lowest BCUT2D eigenvalue weighted by molar-refractivity contribution is -0.268. The summed E-state index contributed by atoms with van der Waals surface area (Å²) < 4.78 is 22.5. The van der Waals surface area contributed by atoms with E-state index in [0.717, 1.165) is 27.5 Å². The highest BCUT2D eigenvalue weighted by Crippen LogP contribution is 2.32. The Hall–Kier alpha value is -4.56. The van der Waals surface area contributed by atoms with Crippen LogP contribution in [0.5, 0.6) is 11.5 Å². The summed E-state index contributed by atoms with van der Waals surface area (Å²) in [6.07, 6.45) is -0.322. The molecule has 1 aliphatic heterocycles. The number of rotatable bonds is 10. The standard InChI is InChI=1S/C34H35NO7/c1-39-29-8-5-9-30(40-2)32(29)33(36)41-19-17-23-10-14-26(15-11-23)28-16-18-35(34(37)38)21-31(28)42-22-24-12-13-25-6-3-4-7-27(25)20-24/h3-15,20,28,31H,16-19,21-22H2,1-2H3,(H,37,38)/p-1. The van der Waals surface area contributed by atoms with Crippen LogP contribution in [-0.4, -0.2) is 57.0 Å². The molecular formula is C34H34NO7-. The number of likely N-dealkylation sites (tertiary alicyclic amines) is 1. The number of amides is 1. The van der Waals surface area contributed by atoms with Crippen LogP contribution in [0.4, 0.5) is 4.79 Å². The second kappa shape index (κ2) is 13.4. The van der Waals surface area contributed by atoms with Crippen LogP contribution in [0.1, 0.15) is 39.4 Å². The Morgan fingerprint density at radius 3 is 2.24 bits per heavy atom. The lowest BCUT2D eigenvalue weighted by atomic mass is 9.86. The fourth-order valence-electron chi connectivity index (χ4n) is 5.48. The molecule has 2 unspecified atom stereocenters. The van der Waals surface area contributed by atoms with Crippen molar-refractivity contribution in [2.24, 2.45) is 0 Å². The number of hydrogen-bond acceptors (Lipinski definition) is 7. The summed E-state index contributed by atoms with van der Waals surface area (Å²) in [5, 5.41) is 13.9. The summed E-state index contributed by atoms with van der Waals surface area (Å²) in [5.74, 6) is 0.314. The van der Waals surface area contributed by atoms with Crippen LogP contribution in [0.2, 0.25) is 0 Å². The molecule has 2 atom stereocenters. The molecule has 1 aliphatic rings. The van der Waals surface area contributed by atoms with Gasteiger partial charge in [0.05, 0.1) is 33.5 Å². The van der Waals surface area contributed by atoms with Gasteiger partial charge in [-0.15, -0.1) is 0 Å². The quantitative estimate of drug-likeness (QED) is 0.249. The highest BCUT2D eigenvalue weighted by atomic mass is 16.5. The van der Waals surface area contributed by atoms with Crippen LogP contribution in [0.3, 0.4) is 0 Å². The van der Waals surface area contributed by atoms with E-state index in [1.807, 2.05) is 42.5 Å². The number of piperidine rings is 1. The molecule has 4 aromatic carbocycles. The first kappa shape index (κ1) is 29.0. The molecule has 218 valence electrons. The van der Waals surface area contributed by atoms with Crippen LogP contribution in [0, 0.1) is 0 Å². The third kappa shape index (κ3) is 6.66. The Morgan fingerprint density at radius 1 is 0.857 bits per heavy atom. The summed E-state index contributed by atoms with van der Waals surface area (Å²) in [4.78, 5) is 25.7. The lowest BCUT2D eigenvalue weighted by Gasteiger charge is -2.40. The molecule has 0 N–H and O–H groups in total. The molecule has 5 rings (SSSR count). The van der Waals surface area contributed by atoms with Gasteiger partial charge < -0.3 is 33.7 Å². The number of hydrogen-bond donors (Lipinski definition) is 0. The van der Waals surface area contributed by atoms with Gasteiger partial charge in [-0.1, -0.05) is 66.7 Å². The van der Waals surface area contributed by atoms with Gasteiger partial charge in [-0.05, 0) is 52.1 Å². The maximum Gasteiger partial charge on any atom is 0.345 e. The zero-order valence-electron chi connectivity index (χ0n) is 23.8. The van der Waals surface area contributed by atoms with Crippen LogP contribution < -0.4 is 14.6 Å². The van der Waals surface area contributed by atoms with E-state index >= 15 is 0 Å². The van der Waals surface area contributed by atoms with Crippen LogP contribution in [0.15, 0.2) is 84.9 Å². The minimum absolute atomic E-state index is 0.0333. The summed E-state index contributed by atoms with van der Waals surface area (Å²) >= 11 is 0. The van der Waals surface area contributed by atoms with Crippen molar-refractivity contribution in [3.05, 3.63) is 107 Å². The van der Waals surface area contributed by atoms with E-state index in [4.69, 9.17) is 18.9 Å². The van der Waals surface area contributed by atoms with Crippen molar-refractivity contribution in [3.63, 3.8) is 0 Å². The largest absolute Gasteiger partial charge is 0.530 e. The molecule has 0 radical (unpaired) electrons. The number of esters is 1. The lowest BCUT2D eigenvalue weighted by Crippen LogP contribution is -2.51. The topological polar surface area (TPSA) is 97.4 Å². The van der Waals surface area contributed by atoms with Crippen molar-refractivity contribution in [2.45, 2.75) is 31.5 Å². The monoisotopic (exact) mass is 568 g/mol. The van der Waals surface area contributed by atoms with Gasteiger partial charge in [0, 0.05) is 25.4 Å². The number of ether oxygens (including phenoxy) is 4. The van der Waals surface area contributed by atoms with E-state index in [1.54, 1.807) is 18.2 Å². The second-order valence-corrected chi connectivity index (χ2v) is 10.3. The molecule has 0 aromatic heterocycles. The zero-order valence-corrected chi connectivity index (χ0v) is 23.8. The van der Waals surface area contributed by atoms with Crippen LogP contribution in [0.25, 0.3) is 10.8 Å². The first-order chi connectivity index (χ1) is 20.5. The summed E-state index contributed by atoms with van der Waals surface area (Å²) in [6.45, 7) is 1.23. The van der Waals surface area contributed by atoms with Gasteiger partial charge in [0.2, 0.25) is 0 Å². The van der Waals surface area contributed by atoms with Gasteiger partial charge >= 0.3 is 5.97 Å². The molecule has 0 bridgehead atoms. The van der Waals surface area contributed by atoms with Gasteiger partial charge in [0.15, 0.2) is 0 Å². The zero-order chi connectivity index (χ0) is 29.5. The molecule has 8 nitrogen and oxygen atoms in total. The molecule has 1 fully saturated rings. The summed E-state index contributed by atoms with van der Waals surface area (Å²) in [7, 11) is 2.99. The smallest absolute Gasteiger partial charge is 0.345 e. The third-order valence-electron chi connectivity index (χ3n) is 7.76. The Balaban J connectivity index is 1.22. The maximum absolute atomic E-state index is 12.7. The Morgan fingerprint density at radius 2 is 1.55 bits per heavy atom. The molecule has 0 spiro atoms. The second-order valence-electron chi connectivity index (χ2n) is 10.3. The van der Waals surface area contributed by atoms with Gasteiger partial charge in [0.25, 0.3) is 0 Å². The number of fused-ring (bicyclic) bond motifs is 1. The first-order valence-electron chi connectivity index (χ1n) is 14.0. The van der Waals surface area contributed by atoms with E-state index in [9.17, 15) is 14.7 Å². The van der Waals surface area contributed by atoms with E-state index in [1.165, 1.54) is 19.1 Å². The summed E-state index contributed by atoms with van der Waals surface area (Å²) in [6, 6.07) is 27.6. The number of nitrogens with zero attached hydrogens (tertiary/aromatic N) is 1. The van der Waals surface area contributed by atoms with E-state index in [0.29, 0.717) is 37.5 Å². The number of methoxy groups -OCH3 is 2. The highest BCUT2D eigenvalue weighted by molar-refractivity contribution is 5.95. The molecular weight excluding hydrogens is 534 g/mol. The minimum Gasteiger partial charge on any atom is -0.530 e. The highest BCUT2D eigenvalue weighted by Gasteiger charge is 2.31. The Kier molecular flexibility index (Phi) is 9.24. The molecule has 0 saturated carbocycles. The van der Waals surface area contributed by atoms with Crippen molar-refractivity contribution in [2.75, 3.05) is 33.9 Å². The number of carboxylic acid groups (broad SMARTS) is 1. The van der Waals surface area contributed by atoms with E-state index in [-0.39, 0.29) is 30.7 Å². The number of benzene rings is 4. The molecule has 1 saturated heterocycles. The molecule has 4 aromatic rings. The van der Waals surface area contributed by atoms with Crippen LogP contribution >= 0.6 is 0 Å². The SMILES string of the molecule is COc1cccc(OC)c1C(=O)OCCc1ccc(C2CCN(C(=O)[O-])CC2OCc2ccc3ccccc3c2)cc1. The first-order valence-corrected chi connectivity index (χ1v) is 14.0. The molecule has 1 amide bonds. The van der Waals surface area contributed by atoms with Crippen molar-refractivity contribution in [1.29, 1.82) is 0 Å². The molecule has 0 aliphatic carbocycles. The van der Waals surface area contributed by atoms with Crippen molar-refractivity contribution < 1.29 is 33.6 Å². The van der Waals surface area contributed by atoms with Crippen molar-refractivity contribution in [3.8, 4) is 11.5 Å². The number of carbonyl (C=O) groups excluding carboxylic acids is 2. The molecule has 8 heteroatoms. The van der Waals surface area contributed by atoms with Crippen molar-refractivity contribution >= 4 is 22.8 Å². The number of carbonyl (C=O) groups is 2. The third-order valence-corrected chi connectivity index (χ3v) is 7.76. The van der Waals surface area contributed by atoms with E-state index < -0.39 is 12.1 Å². The maximum atomic E-state index is 12.7. The average molecular weight is 569 g/mol. The predicted octanol–water partition coefficient (Wildman–Crippen LogP) is 4.97. The van der Waals surface area contributed by atoms with Crippen LogP contribution in [-0.2, 0) is 22.5 Å². The van der Waals surface area contributed by atoms with Gasteiger partial charge in [-0.25, -0.2) is 4.79 Å². The summed E-state index contributed by atoms with van der Waals surface area (Å²) in [5.41, 5.74) is 3.39. The fraction of sp³-hybridized carbons (Fsp3) is 0.294. The minimum atomic E-state index is -1.18. The normalized spacial score (nSPS) is 16.7. The van der Waals surface area contributed by atoms with Gasteiger partial charge in [0.1, 0.15) is 23.2 Å². The molecule has 1 heterocycles. The van der Waals surface area contributed by atoms with E-state index in [2.05, 4.69) is 24.3 Å². The average Bonchev–Trinajstić information content (AvgIpc) is 3.03. The fourth-order valence-corrected chi connectivity index (χ4v) is 5.48. The molecule has 42 heavy (non-hydrogen) atoms. The Labute approximate surface area is 245 Å².